The molecular weight excluding hydrogens is 212 g/mol. The number of anilines is 1. The van der Waals surface area contributed by atoms with Crippen LogP contribution in [0.1, 0.15) is 37.5 Å². The summed E-state index contributed by atoms with van der Waals surface area (Å²) in [5.41, 5.74) is 1.04. The van der Waals surface area contributed by atoms with Gasteiger partial charge in [0.1, 0.15) is 0 Å². The molecule has 4 heteroatoms. The Hall–Kier alpha value is -1.84. The minimum atomic E-state index is 0.177. The Morgan fingerprint density at radius 3 is 2.88 bits per heavy atom. The molecule has 1 saturated carbocycles. The molecule has 3 rings (SSSR count). The van der Waals surface area contributed by atoms with E-state index in [0.29, 0.717) is 6.04 Å². The molecule has 88 valence electrons. The van der Waals surface area contributed by atoms with Gasteiger partial charge in [-0.1, -0.05) is 6.07 Å². The predicted molar refractivity (Wildman–Crippen MR) is 66.8 cm³/mol. The molecule has 0 aromatic carbocycles. The van der Waals surface area contributed by atoms with Gasteiger partial charge in [0.15, 0.2) is 0 Å². The van der Waals surface area contributed by atoms with Gasteiger partial charge in [-0.25, -0.2) is 4.98 Å². The minimum Gasteiger partial charge on any atom is -0.348 e. The van der Waals surface area contributed by atoms with Gasteiger partial charge in [0.2, 0.25) is 5.95 Å². The van der Waals surface area contributed by atoms with Gasteiger partial charge >= 0.3 is 0 Å². The van der Waals surface area contributed by atoms with Crippen molar-refractivity contribution in [2.24, 2.45) is 0 Å². The monoisotopic (exact) mass is 228 g/mol. The zero-order valence-corrected chi connectivity index (χ0v) is 9.87. The summed E-state index contributed by atoms with van der Waals surface area (Å²) in [6.07, 6.45) is 8.25. The average Bonchev–Trinajstić information content (AvgIpc) is 3.11. The van der Waals surface area contributed by atoms with E-state index >= 15 is 0 Å². The number of rotatable bonds is 4. The first-order chi connectivity index (χ1) is 8.34. The quantitative estimate of drug-likeness (QED) is 0.875. The molecule has 17 heavy (non-hydrogen) atoms. The summed E-state index contributed by atoms with van der Waals surface area (Å²) in [5.74, 6) is 0.950. The maximum Gasteiger partial charge on any atom is 0.203 e. The lowest BCUT2D eigenvalue weighted by molar-refractivity contribution is 0.722. The first-order valence-corrected chi connectivity index (χ1v) is 6.05. The molecule has 1 N–H and O–H groups in total. The SMILES string of the molecule is CC(Nc1nccn1C1CC1)c1ccccn1. The van der Waals surface area contributed by atoms with Crippen molar-refractivity contribution >= 4 is 5.95 Å². The molecule has 4 nitrogen and oxygen atoms in total. The molecule has 0 radical (unpaired) electrons. The number of hydrogen-bond acceptors (Lipinski definition) is 3. The highest BCUT2D eigenvalue weighted by Crippen LogP contribution is 2.37. The molecule has 0 bridgehead atoms. The zero-order valence-electron chi connectivity index (χ0n) is 9.87. The molecule has 1 unspecified atom stereocenters. The average molecular weight is 228 g/mol. The van der Waals surface area contributed by atoms with Crippen molar-refractivity contribution in [1.82, 2.24) is 14.5 Å². The number of imidazole rings is 1. The summed E-state index contributed by atoms with van der Waals surface area (Å²) in [7, 11) is 0. The molecule has 0 amide bonds. The number of nitrogens with zero attached hydrogens (tertiary/aromatic N) is 3. The first-order valence-electron chi connectivity index (χ1n) is 6.05. The van der Waals surface area contributed by atoms with E-state index in [1.807, 2.05) is 36.8 Å². The van der Waals surface area contributed by atoms with E-state index in [9.17, 15) is 0 Å². The highest BCUT2D eigenvalue weighted by atomic mass is 15.2. The molecule has 1 atom stereocenters. The topological polar surface area (TPSA) is 42.7 Å². The van der Waals surface area contributed by atoms with E-state index in [1.54, 1.807) is 0 Å². The van der Waals surface area contributed by atoms with E-state index < -0.39 is 0 Å². The fourth-order valence-corrected chi connectivity index (χ4v) is 1.97. The van der Waals surface area contributed by atoms with Crippen LogP contribution in [0.2, 0.25) is 0 Å². The van der Waals surface area contributed by atoms with Crippen LogP contribution in [0.25, 0.3) is 0 Å². The highest BCUT2D eigenvalue weighted by Gasteiger charge is 2.25. The van der Waals surface area contributed by atoms with Crippen LogP contribution >= 0.6 is 0 Å². The molecule has 0 aliphatic heterocycles. The highest BCUT2D eigenvalue weighted by molar-refractivity contribution is 5.31. The van der Waals surface area contributed by atoms with Gasteiger partial charge in [0.25, 0.3) is 0 Å². The summed E-state index contributed by atoms with van der Waals surface area (Å²) in [6.45, 7) is 2.11. The van der Waals surface area contributed by atoms with Crippen LogP contribution in [0.15, 0.2) is 36.8 Å². The summed E-state index contributed by atoms with van der Waals surface area (Å²) in [5, 5.41) is 3.42. The van der Waals surface area contributed by atoms with Gasteiger partial charge in [-0.2, -0.15) is 0 Å². The third kappa shape index (κ3) is 2.16. The molecule has 1 aliphatic carbocycles. The number of hydrogen-bond donors (Lipinski definition) is 1. The Morgan fingerprint density at radius 1 is 1.29 bits per heavy atom. The molecule has 0 saturated heterocycles. The smallest absolute Gasteiger partial charge is 0.203 e. The van der Waals surface area contributed by atoms with Crippen molar-refractivity contribution in [3.63, 3.8) is 0 Å². The second-order valence-electron chi connectivity index (χ2n) is 4.51. The van der Waals surface area contributed by atoms with Crippen LogP contribution < -0.4 is 5.32 Å². The Balaban J connectivity index is 1.76. The van der Waals surface area contributed by atoms with E-state index in [0.717, 1.165) is 11.6 Å². The van der Waals surface area contributed by atoms with Gasteiger partial charge in [0.05, 0.1) is 11.7 Å². The normalized spacial score (nSPS) is 16.8. The lowest BCUT2D eigenvalue weighted by Crippen LogP contribution is -2.12. The van der Waals surface area contributed by atoms with Crippen LogP contribution in [0.4, 0.5) is 5.95 Å². The number of nitrogens with one attached hydrogen (secondary N) is 1. The standard InChI is InChI=1S/C13H16N4/c1-10(12-4-2-3-7-14-12)16-13-15-8-9-17(13)11-5-6-11/h2-4,7-11H,5-6H2,1H3,(H,15,16). The van der Waals surface area contributed by atoms with Crippen LogP contribution in [0, 0.1) is 0 Å². The predicted octanol–water partition coefficient (Wildman–Crippen LogP) is 2.79. The second-order valence-corrected chi connectivity index (χ2v) is 4.51. The van der Waals surface area contributed by atoms with Crippen LogP contribution in [-0.2, 0) is 0 Å². The van der Waals surface area contributed by atoms with Crippen LogP contribution in [-0.4, -0.2) is 14.5 Å². The van der Waals surface area contributed by atoms with Crippen LogP contribution in [0.3, 0.4) is 0 Å². The van der Waals surface area contributed by atoms with E-state index in [2.05, 4.69) is 26.8 Å². The fraction of sp³-hybridized carbons (Fsp3) is 0.385. The largest absolute Gasteiger partial charge is 0.348 e. The van der Waals surface area contributed by atoms with Crippen molar-refractivity contribution in [2.45, 2.75) is 31.8 Å². The summed E-state index contributed by atoms with van der Waals surface area (Å²) in [6, 6.07) is 6.80. The number of aromatic nitrogens is 3. The maximum atomic E-state index is 4.37. The second kappa shape index (κ2) is 4.20. The molecule has 1 aliphatic rings. The third-order valence-corrected chi connectivity index (χ3v) is 3.09. The Morgan fingerprint density at radius 2 is 2.18 bits per heavy atom. The van der Waals surface area contributed by atoms with Gasteiger partial charge in [0, 0.05) is 24.6 Å². The fourth-order valence-electron chi connectivity index (χ4n) is 1.97. The maximum absolute atomic E-state index is 4.37. The van der Waals surface area contributed by atoms with Crippen molar-refractivity contribution in [1.29, 1.82) is 0 Å². The van der Waals surface area contributed by atoms with Crippen molar-refractivity contribution in [3.05, 3.63) is 42.5 Å². The van der Waals surface area contributed by atoms with Gasteiger partial charge in [-0.3, -0.25) is 4.98 Å². The number of pyridine rings is 1. The first kappa shape index (κ1) is 10.3. The summed E-state index contributed by atoms with van der Waals surface area (Å²) in [4.78, 5) is 8.72. The Bertz CT molecular complexity index is 487. The van der Waals surface area contributed by atoms with Crippen molar-refractivity contribution in [2.75, 3.05) is 5.32 Å². The van der Waals surface area contributed by atoms with Gasteiger partial charge in [-0.15, -0.1) is 0 Å². The lowest BCUT2D eigenvalue weighted by atomic mass is 10.2. The van der Waals surface area contributed by atoms with Gasteiger partial charge < -0.3 is 9.88 Å². The van der Waals surface area contributed by atoms with E-state index in [1.165, 1.54) is 12.8 Å². The molecule has 2 aromatic heterocycles. The zero-order chi connectivity index (χ0) is 11.7. The summed E-state index contributed by atoms with van der Waals surface area (Å²) >= 11 is 0. The van der Waals surface area contributed by atoms with Crippen LogP contribution in [0.5, 0.6) is 0 Å². The van der Waals surface area contributed by atoms with Crippen molar-refractivity contribution in [3.8, 4) is 0 Å². The molecule has 1 fully saturated rings. The third-order valence-electron chi connectivity index (χ3n) is 3.09. The Labute approximate surface area is 101 Å². The molecule has 0 spiro atoms. The minimum absolute atomic E-state index is 0.177. The molecule has 2 aromatic rings. The summed E-state index contributed by atoms with van der Waals surface area (Å²) < 4.78 is 2.22. The van der Waals surface area contributed by atoms with Gasteiger partial charge in [-0.05, 0) is 31.9 Å². The Kier molecular flexibility index (Phi) is 2.55. The lowest BCUT2D eigenvalue weighted by Gasteiger charge is -2.15. The van der Waals surface area contributed by atoms with E-state index in [4.69, 9.17) is 0 Å². The molecular formula is C13H16N4. The molecule has 2 heterocycles. The van der Waals surface area contributed by atoms with E-state index in [-0.39, 0.29) is 6.04 Å². The van der Waals surface area contributed by atoms with Crippen molar-refractivity contribution < 1.29 is 0 Å².